The molecule has 0 spiro atoms. The fourth-order valence-corrected chi connectivity index (χ4v) is 2.67. The minimum absolute atomic E-state index is 0.0201. The first-order valence-electron chi connectivity index (χ1n) is 7.65. The Morgan fingerprint density at radius 3 is 2.48 bits per heavy atom. The standard InChI is InChI=1S/C14H22ClN5O/c1-10(2)21-14-17-12(15)16-13(18-14)20-7-5-19(6-8-20)9-11-3-4-11/h10-11H,3-9H2,1-2H3. The summed E-state index contributed by atoms with van der Waals surface area (Å²) in [5, 5.41) is 0.191. The van der Waals surface area contributed by atoms with Gasteiger partial charge in [-0.05, 0) is 44.2 Å². The number of piperazine rings is 1. The van der Waals surface area contributed by atoms with Crippen LogP contribution in [-0.4, -0.2) is 58.7 Å². The molecule has 2 aliphatic rings. The third-order valence-corrected chi connectivity index (χ3v) is 3.95. The Morgan fingerprint density at radius 2 is 1.86 bits per heavy atom. The molecule has 0 radical (unpaired) electrons. The summed E-state index contributed by atoms with van der Waals surface area (Å²) in [6, 6.07) is 0.306. The molecule has 0 aromatic carbocycles. The van der Waals surface area contributed by atoms with Crippen molar-refractivity contribution in [3.63, 3.8) is 0 Å². The molecule has 1 aliphatic heterocycles. The zero-order valence-corrected chi connectivity index (χ0v) is 13.4. The van der Waals surface area contributed by atoms with E-state index in [9.17, 15) is 0 Å². The van der Waals surface area contributed by atoms with Crippen LogP contribution in [0.1, 0.15) is 26.7 Å². The van der Waals surface area contributed by atoms with Crippen LogP contribution in [0.15, 0.2) is 0 Å². The van der Waals surface area contributed by atoms with Gasteiger partial charge in [0.15, 0.2) is 0 Å². The fourth-order valence-electron chi connectivity index (χ4n) is 2.52. The van der Waals surface area contributed by atoms with Crippen molar-refractivity contribution < 1.29 is 4.74 Å². The number of ether oxygens (including phenoxy) is 1. The Labute approximate surface area is 130 Å². The summed E-state index contributed by atoms with van der Waals surface area (Å²) in [5.41, 5.74) is 0. The zero-order chi connectivity index (χ0) is 14.8. The van der Waals surface area contributed by atoms with Crippen molar-refractivity contribution in [1.82, 2.24) is 19.9 Å². The molecule has 0 amide bonds. The summed E-state index contributed by atoms with van der Waals surface area (Å²) in [6.07, 6.45) is 2.82. The number of anilines is 1. The maximum absolute atomic E-state index is 5.98. The summed E-state index contributed by atoms with van der Waals surface area (Å²) in [7, 11) is 0. The summed E-state index contributed by atoms with van der Waals surface area (Å²) >= 11 is 5.98. The van der Waals surface area contributed by atoms with E-state index in [0.29, 0.717) is 12.0 Å². The maximum atomic E-state index is 5.98. The summed E-state index contributed by atoms with van der Waals surface area (Å²) in [5.74, 6) is 1.56. The first-order chi connectivity index (χ1) is 10.1. The molecule has 1 aromatic rings. The molecule has 0 unspecified atom stereocenters. The molecule has 1 saturated carbocycles. The summed E-state index contributed by atoms with van der Waals surface area (Å²) in [4.78, 5) is 17.3. The van der Waals surface area contributed by atoms with Crippen LogP contribution < -0.4 is 9.64 Å². The van der Waals surface area contributed by atoms with E-state index >= 15 is 0 Å². The van der Waals surface area contributed by atoms with Crippen LogP contribution in [0, 0.1) is 5.92 Å². The zero-order valence-electron chi connectivity index (χ0n) is 12.6. The van der Waals surface area contributed by atoms with Gasteiger partial charge in [0, 0.05) is 32.7 Å². The van der Waals surface area contributed by atoms with Crippen LogP contribution >= 0.6 is 11.6 Å². The largest absolute Gasteiger partial charge is 0.461 e. The van der Waals surface area contributed by atoms with Gasteiger partial charge in [0.05, 0.1) is 6.10 Å². The summed E-state index contributed by atoms with van der Waals surface area (Å²) in [6.45, 7) is 9.08. The third-order valence-electron chi connectivity index (χ3n) is 3.79. The van der Waals surface area contributed by atoms with E-state index in [0.717, 1.165) is 32.1 Å². The van der Waals surface area contributed by atoms with E-state index in [2.05, 4.69) is 24.8 Å². The van der Waals surface area contributed by atoms with Crippen LogP contribution in [0.5, 0.6) is 6.01 Å². The van der Waals surface area contributed by atoms with Crippen molar-refractivity contribution in [2.45, 2.75) is 32.8 Å². The molecular weight excluding hydrogens is 290 g/mol. The molecule has 7 heteroatoms. The molecule has 116 valence electrons. The Hall–Kier alpha value is -1.14. The molecule has 0 N–H and O–H groups in total. The van der Waals surface area contributed by atoms with Gasteiger partial charge in [-0.2, -0.15) is 15.0 Å². The lowest BCUT2D eigenvalue weighted by Gasteiger charge is -2.34. The van der Waals surface area contributed by atoms with E-state index in [-0.39, 0.29) is 11.4 Å². The monoisotopic (exact) mass is 311 g/mol. The second-order valence-electron chi connectivity index (χ2n) is 6.08. The minimum atomic E-state index is 0.0201. The number of nitrogens with zero attached hydrogens (tertiary/aromatic N) is 5. The second-order valence-corrected chi connectivity index (χ2v) is 6.42. The molecule has 3 rings (SSSR count). The van der Waals surface area contributed by atoms with Gasteiger partial charge in [-0.25, -0.2) is 0 Å². The number of halogens is 1. The number of aromatic nitrogens is 3. The number of hydrogen-bond acceptors (Lipinski definition) is 6. The molecule has 0 bridgehead atoms. The topological polar surface area (TPSA) is 54.4 Å². The molecule has 1 saturated heterocycles. The minimum Gasteiger partial charge on any atom is -0.461 e. The molecular formula is C14H22ClN5O. The van der Waals surface area contributed by atoms with Crippen LogP contribution in [0.4, 0.5) is 5.95 Å². The van der Waals surface area contributed by atoms with Crippen molar-refractivity contribution in [3.8, 4) is 6.01 Å². The van der Waals surface area contributed by atoms with E-state index in [4.69, 9.17) is 16.3 Å². The SMILES string of the molecule is CC(C)Oc1nc(Cl)nc(N2CCN(CC3CC3)CC2)n1. The van der Waals surface area contributed by atoms with Gasteiger partial charge in [-0.1, -0.05) is 0 Å². The van der Waals surface area contributed by atoms with Gasteiger partial charge < -0.3 is 9.64 Å². The quantitative estimate of drug-likeness (QED) is 0.827. The Balaban J connectivity index is 1.62. The van der Waals surface area contributed by atoms with Crippen LogP contribution in [-0.2, 0) is 0 Å². The highest BCUT2D eigenvalue weighted by Crippen LogP contribution is 2.30. The van der Waals surface area contributed by atoms with Crippen LogP contribution in [0.25, 0.3) is 0 Å². The highest BCUT2D eigenvalue weighted by molar-refractivity contribution is 6.28. The van der Waals surface area contributed by atoms with Gasteiger partial charge >= 0.3 is 6.01 Å². The smallest absolute Gasteiger partial charge is 0.322 e. The van der Waals surface area contributed by atoms with Gasteiger partial charge in [0.1, 0.15) is 0 Å². The normalized spacial score (nSPS) is 20.1. The highest BCUT2D eigenvalue weighted by Gasteiger charge is 2.27. The van der Waals surface area contributed by atoms with E-state index < -0.39 is 0 Å². The molecule has 1 aromatic heterocycles. The molecule has 21 heavy (non-hydrogen) atoms. The third kappa shape index (κ3) is 4.17. The van der Waals surface area contributed by atoms with E-state index in [1.165, 1.54) is 19.4 Å². The second kappa shape index (κ2) is 6.32. The lowest BCUT2D eigenvalue weighted by atomic mass is 10.3. The Bertz CT molecular complexity index is 486. The van der Waals surface area contributed by atoms with Crippen LogP contribution in [0.2, 0.25) is 5.28 Å². The van der Waals surface area contributed by atoms with Gasteiger partial charge in [0.25, 0.3) is 0 Å². The maximum Gasteiger partial charge on any atom is 0.322 e. The molecule has 2 fully saturated rings. The van der Waals surface area contributed by atoms with E-state index in [1.807, 2.05) is 13.8 Å². The van der Waals surface area contributed by atoms with Crippen molar-refractivity contribution >= 4 is 17.5 Å². The molecule has 2 heterocycles. The first-order valence-corrected chi connectivity index (χ1v) is 8.03. The Morgan fingerprint density at radius 1 is 1.14 bits per heavy atom. The van der Waals surface area contributed by atoms with Crippen molar-refractivity contribution in [3.05, 3.63) is 5.28 Å². The van der Waals surface area contributed by atoms with Crippen LogP contribution in [0.3, 0.4) is 0 Å². The average Bonchev–Trinajstić information content (AvgIpc) is 3.22. The first kappa shape index (κ1) is 14.8. The van der Waals surface area contributed by atoms with E-state index in [1.54, 1.807) is 0 Å². The predicted octanol–water partition coefficient (Wildman–Crippen LogP) is 1.84. The molecule has 0 atom stereocenters. The van der Waals surface area contributed by atoms with Crippen molar-refractivity contribution in [1.29, 1.82) is 0 Å². The van der Waals surface area contributed by atoms with Gasteiger partial charge in [-0.3, -0.25) is 4.90 Å². The van der Waals surface area contributed by atoms with Crippen molar-refractivity contribution in [2.24, 2.45) is 5.92 Å². The lowest BCUT2D eigenvalue weighted by Crippen LogP contribution is -2.47. The lowest BCUT2D eigenvalue weighted by molar-refractivity contribution is 0.220. The average molecular weight is 312 g/mol. The molecule has 6 nitrogen and oxygen atoms in total. The predicted molar refractivity (Wildman–Crippen MR) is 82.0 cm³/mol. The number of hydrogen-bond donors (Lipinski definition) is 0. The highest BCUT2D eigenvalue weighted by atomic mass is 35.5. The Kier molecular flexibility index (Phi) is 4.45. The number of rotatable bonds is 5. The van der Waals surface area contributed by atoms with Gasteiger partial charge in [-0.15, -0.1) is 0 Å². The fraction of sp³-hybridized carbons (Fsp3) is 0.786. The molecule has 1 aliphatic carbocycles. The van der Waals surface area contributed by atoms with Gasteiger partial charge in [0.2, 0.25) is 11.2 Å². The van der Waals surface area contributed by atoms with Crippen molar-refractivity contribution in [2.75, 3.05) is 37.6 Å². The summed E-state index contributed by atoms with van der Waals surface area (Å²) < 4.78 is 5.52.